The van der Waals surface area contributed by atoms with Gasteiger partial charge in [-0.25, -0.2) is 0 Å². The van der Waals surface area contributed by atoms with Crippen LogP contribution in [0.2, 0.25) is 0 Å². The number of nitrogens with one attached hydrogen (secondary N) is 1. The smallest absolute Gasteiger partial charge is 0.254 e. The van der Waals surface area contributed by atoms with Crippen molar-refractivity contribution in [3.8, 4) is 5.75 Å². The molecule has 1 unspecified atom stereocenters. The molecule has 1 aromatic carbocycles. The van der Waals surface area contributed by atoms with Crippen LogP contribution in [0.5, 0.6) is 5.75 Å². The zero-order valence-corrected chi connectivity index (χ0v) is 15.2. The van der Waals surface area contributed by atoms with Crippen molar-refractivity contribution in [2.75, 3.05) is 32.8 Å². The van der Waals surface area contributed by atoms with Gasteiger partial charge in [0.05, 0.1) is 6.10 Å². The van der Waals surface area contributed by atoms with Crippen molar-refractivity contribution in [3.63, 3.8) is 0 Å². The van der Waals surface area contributed by atoms with E-state index in [0.29, 0.717) is 12.6 Å². The SMILES string of the molecule is CCCN(C(=O)c1cccc(OCC2CCCO2)c1)C1CCNCC1. The maximum atomic E-state index is 13.1. The summed E-state index contributed by atoms with van der Waals surface area (Å²) in [6.07, 6.45) is 5.38. The first kappa shape index (κ1) is 18.2. The Morgan fingerprint density at radius 1 is 1.32 bits per heavy atom. The molecule has 1 N–H and O–H groups in total. The van der Waals surface area contributed by atoms with Crippen LogP contribution in [0, 0.1) is 0 Å². The van der Waals surface area contributed by atoms with E-state index in [9.17, 15) is 4.79 Å². The molecule has 1 amide bonds. The van der Waals surface area contributed by atoms with Gasteiger partial charge in [0.1, 0.15) is 12.4 Å². The molecule has 0 radical (unpaired) electrons. The van der Waals surface area contributed by atoms with Crippen molar-refractivity contribution in [1.82, 2.24) is 10.2 Å². The number of benzene rings is 1. The zero-order valence-electron chi connectivity index (χ0n) is 15.2. The van der Waals surface area contributed by atoms with Gasteiger partial charge in [0, 0.05) is 24.8 Å². The van der Waals surface area contributed by atoms with Crippen LogP contribution < -0.4 is 10.1 Å². The van der Waals surface area contributed by atoms with Gasteiger partial charge in [-0.05, 0) is 63.4 Å². The molecule has 0 aliphatic carbocycles. The van der Waals surface area contributed by atoms with Crippen molar-refractivity contribution in [2.24, 2.45) is 0 Å². The van der Waals surface area contributed by atoms with E-state index < -0.39 is 0 Å². The molecule has 2 fully saturated rings. The summed E-state index contributed by atoms with van der Waals surface area (Å²) >= 11 is 0. The van der Waals surface area contributed by atoms with Crippen LogP contribution in [0.15, 0.2) is 24.3 Å². The summed E-state index contributed by atoms with van der Waals surface area (Å²) in [6.45, 7) is 6.30. The molecule has 0 spiro atoms. The summed E-state index contributed by atoms with van der Waals surface area (Å²) in [5.74, 6) is 0.874. The Kier molecular flexibility index (Phi) is 6.70. The fourth-order valence-electron chi connectivity index (χ4n) is 3.66. The van der Waals surface area contributed by atoms with E-state index in [2.05, 4.69) is 17.1 Å². The number of amides is 1. The zero-order chi connectivity index (χ0) is 17.5. The first-order chi connectivity index (χ1) is 12.3. The molecule has 5 nitrogen and oxygen atoms in total. The summed E-state index contributed by atoms with van der Waals surface area (Å²) < 4.78 is 11.5. The summed E-state index contributed by atoms with van der Waals surface area (Å²) in [7, 11) is 0. The highest BCUT2D eigenvalue weighted by atomic mass is 16.5. The summed E-state index contributed by atoms with van der Waals surface area (Å²) in [5, 5.41) is 3.37. The predicted octanol–water partition coefficient (Wildman–Crippen LogP) is 2.85. The number of carbonyl (C=O) groups excluding carboxylic acids is 1. The number of hydrogen-bond donors (Lipinski definition) is 1. The summed E-state index contributed by atoms with van der Waals surface area (Å²) in [6, 6.07) is 7.93. The molecule has 2 aliphatic rings. The van der Waals surface area contributed by atoms with Gasteiger partial charge in [-0.2, -0.15) is 0 Å². The highest BCUT2D eigenvalue weighted by molar-refractivity contribution is 5.94. The number of hydrogen-bond acceptors (Lipinski definition) is 4. The van der Waals surface area contributed by atoms with Gasteiger partial charge in [-0.3, -0.25) is 4.79 Å². The van der Waals surface area contributed by atoms with Crippen LogP contribution >= 0.6 is 0 Å². The molecular weight excluding hydrogens is 316 g/mol. The maximum Gasteiger partial charge on any atom is 0.254 e. The van der Waals surface area contributed by atoms with Gasteiger partial charge < -0.3 is 19.7 Å². The van der Waals surface area contributed by atoms with Crippen molar-refractivity contribution >= 4 is 5.91 Å². The van der Waals surface area contributed by atoms with Crippen LogP contribution in [-0.4, -0.2) is 55.8 Å². The highest BCUT2D eigenvalue weighted by Crippen LogP contribution is 2.21. The average molecular weight is 346 g/mol. The lowest BCUT2D eigenvalue weighted by Gasteiger charge is -2.34. The Morgan fingerprint density at radius 2 is 2.16 bits per heavy atom. The molecule has 0 bridgehead atoms. The van der Waals surface area contributed by atoms with Gasteiger partial charge in [0.25, 0.3) is 5.91 Å². The molecule has 25 heavy (non-hydrogen) atoms. The topological polar surface area (TPSA) is 50.8 Å². The fraction of sp³-hybridized carbons (Fsp3) is 0.650. The van der Waals surface area contributed by atoms with Crippen LogP contribution in [-0.2, 0) is 4.74 Å². The molecule has 0 saturated carbocycles. The Hall–Kier alpha value is -1.59. The third-order valence-corrected chi connectivity index (χ3v) is 5.02. The van der Waals surface area contributed by atoms with E-state index in [1.165, 1.54) is 0 Å². The largest absolute Gasteiger partial charge is 0.491 e. The molecule has 5 heteroatoms. The minimum Gasteiger partial charge on any atom is -0.491 e. The molecule has 138 valence electrons. The Bertz CT molecular complexity index is 552. The quantitative estimate of drug-likeness (QED) is 0.825. The third-order valence-electron chi connectivity index (χ3n) is 5.02. The molecule has 2 aliphatic heterocycles. The van der Waals surface area contributed by atoms with Gasteiger partial charge in [-0.15, -0.1) is 0 Å². The van der Waals surface area contributed by atoms with E-state index in [-0.39, 0.29) is 12.0 Å². The van der Waals surface area contributed by atoms with Crippen LogP contribution in [0.1, 0.15) is 49.4 Å². The third kappa shape index (κ3) is 4.95. The Morgan fingerprint density at radius 3 is 2.88 bits per heavy atom. The summed E-state index contributed by atoms with van der Waals surface area (Å²) in [4.78, 5) is 15.1. The molecule has 1 aromatic rings. The van der Waals surface area contributed by atoms with Crippen LogP contribution in [0.3, 0.4) is 0 Å². The van der Waals surface area contributed by atoms with Crippen molar-refractivity contribution < 1.29 is 14.3 Å². The molecule has 1 atom stereocenters. The van der Waals surface area contributed by atoms with E-state index in [1.54, 1.807) is 0 Å². The van der Waals surface area contributed by atoms with Gasteiger partial charge in [-0.1, -0.05) is 13.0 Å². The lowest BCUT2D eigenvalue weighted by molar-refractivity contribution is 0.0638. The second-order valence-electron chi connectivity index (χ2n) is 6.95. The minimum absolute atomic E-state index is 0.122. The molecule has 2 heterocycles. The normalized spacial score (nSPS) is 21.2. The number of rotatable bonds is 7. The van der Waals surface area contributed by atoms with Gasteiger partial charge in [0.2, 0.25) is 0 Å². The van der Waals surface area contributed by atoms with E-state index >= 15 is 0 Å². The van der Waals surface area contributed by atoms with Crippen LogP contribution in [0.25, 0.3) is 0 Å². The Labute approximate surface area is 150 Å². The second kappa shape index (κ2) is 9.20. The van der Waals surface area contributed by atoms with E-state index in [0.717, 1.165) is 69.7 Å². The van der Waals surface area contributed by atoms with E-state index in [4.69, 9.17) is 9.47 Å². The lowest BCUT2D eigenvalue weighted by Crippen LogP contribution is -2.46. The first-order valence-electron chi connectivity index (χ1n) is 9.64. The fourth-order valence-corrected chi connectivity index (χ4v) is 3.66. The van der Waals surface area contributed by atoms with Crippen molar-refractivity contribution in [2.45, 2.75) is 51.2 Å². The number of carbonyl (C=O) groups is 1. The second-order valence-corrected chi connectivity index (χ2v) is 6.95. The minimum atomic E-state index is 0.122. The highest BCUT2D eigenvalue weighted by Gasteiger charge is 2.25. The first-order valence-corrected chi connectivity index (χ1v) is 9.64. The maximum absolute atomic E-state index is 13.1. The molecule has 2 saturated heterocycles. The van der Waals surface area contributed by atoms with Crippen LogP contribution in [0.4, 0.5) is 0 Å². The monoisotopic (exact) mass is 346 g/mol. The van der Waals surface area contributed by atoms with Gasteiger partial charge in [0.15, 0.2) is 0 Å². The standard InChI is InChI=1S/C20H30N2O3/c1-2-12-22(17-8-10-21-11-9-17)20(23)16-5-3-6-18(14-16)25-15-19-7-4-13-24-19/h3,5-6,14,17,19,21H,2,4,7-13,15H2,1H3. The molecule has 3 rings (SSSR count). The Balaban J connectivity index is 1.65. The molecule has 0 aromatic heterocycles. The van der Waals surface area contributed by atoms with Crippen molar-refractivity contribution in [3.05, 3.63) is 29.8 Å². The summed E-state index contributed by atoms with van der Waals surface area (Å²) in [5.41, 5.74) is 0.719. The van der Waals surface area contributed by atoms with E-state index in [1.807, 2.05) is 24.3 Å². The lowest BCUT2D eigenvalue weighted by atomic mass is 10.0. The number of ether oxygens (including phenoxy) is 2. The molecular formula is C20H30N2O3. The van der Waals surface area contributed by atoms with Gasteiger partial charge >= 0.3 is 0 Å². The average Bonchev–Trinajstić information content (AvgIpc) is 3.18. The number of piperidine rings is 1. The number of nitrogens with zero attached hydrogens (tertiary/aromatic N) is 1. The van der Waals surface area contributed by atoms with Crippen molar-refractivity contribution in [1.29, 1.82) is 0 Å². The predicted molar refractivity (Wildman–Crippen MR) is 98.1 cm³/mol.